The van der Waals surface area contributed by atoms with Crippen LogP contribution in [0.5, 0.6) is 0 Å². The molecule has 0 bridgehead atoms. The van der Waals surface area contributed by atoms with E-state index in [4.69, 9.17) is 4.74 Å². The first-order valence-electron chi connectivity index (χ1n) is 7.39. The molecule has 106 valence electrons. The summed E-state index contributed by atoms with van der Waals surface area (Å²) in [5.41, 5.74) is 3.55. The van der Waals surface area contributed by atoms with Gasteiger partial charge in [0.25, 0.3) is 0 Å². The van der Waals surface area contributed by atoms with Crippen molar-refractivity contribution in [2.24, 2.45) is 5.92 Å². The second-order valence-electron chi connectivity index (χ2n) is 5.74. The predicted molar refractivity (Wildman–Crippen MR) is 83.3 cm³/mol. The highest BCUT2D eigenvalue weighted by molar-refractivity contribution is 5.93. The lowest BCUT2D eigenvalue weighted by Gasteiger charge is -2.21. The van der Waals surface area contributed by atoms with Crippen LogP contribution in [0.4, 0.5) is 5.69 Å². The molecular formula is C17H22N2O. The SMILES string of the molecule is Cc1cccc2c(N(C)CCOCC3CC3)ccnc12. The molecule has 3 rings (SSSR count). The van der Waals surface area contributed by atoms with E-state index in [0.717, 1.165) is 31.2 Å². The standard InChI is InChI=1S/C17H22N2O/c1-13-4-3-5-15-16(8-9-18-17(13)15)19(2)10-11-20-12-14-6-7-14/h3-5,8-9,14H,6-7,10-12H2,1-2H3. The van der Waals surface area contributed by atoms with Crippen molar-refractivity contribution >= 4 is 16.6 Å². The summed E-state index contributed by atoms with van der Waals surface area (Å²) in [6.07, 6.45) is 4.60. The summed E-state index contributed by atoms with van der Waals surface area (Å²) in [6, 6.07) is 8.44. The number of nitrogens with zero attached hydrogens (tertiary/aromatic N) is 2. The number of likely N-dealkylation sites (N-methyl/N-ethyl adjacent to an activating group) is 1. The smallest absolute Gasteiger partial charge is 0.0751 e. The molecule has 0 radical (unpaired) electrons. The first-order chi connectivity index (χ1) is 9.75. The molecule has 1 saturated carbocycles. The fourth-order valence-electron chi connectivity index (χ4n) is 2.50. The van der Waals surface area contributed by atoms with Crippen molar-refractivity contribution < 1.29 is 4.74 Å². The van der Waals surface area contributed by atoms with Gasteiger partial charge in [-0.3, -0.25) is 4.98 Å². The first-order valence-corrected chi connectivity index (χ1v) is 7.39. The maximum absolute atomic E-state index is 5.73. The highest BCUT2D eigenvalue weighted by Gasteiger charge is 2.21. The number of hydrogen-bond donors (Lipinski definition) is 0. The largest absolute Gasteiger partial charge is 0.379 e. The molecule has 0 spiro atoms. The number of rotatable bonds is 6. The second kappa shape index (κ2) is 5.80. The number of pyridine rings is 1. The lowest BCUT2D eigenvalue weighted by Crippen LogP contribution is -2.23. The van der Waals surface area contributed by atoms with Gasteiger partial charge in [-0.25, -0.2) is 0 Å². The van der Waals surface area contributed by atoms with Crippen molar-refractivity contribution in [2.45, 2.75) is 19.8 Å². The molecule has 1 aliphatic carbocycles. The van der Waals surface area contributed by atoms with E-state index in [2.05, 4.69) is 48.1 Å². The van der Waals surface area contributed by atoms with Crippen molar-refractivity contribution in [2.75, 3.05) is 31.7 Å². The molecule has 0 unspecified atom stereocenters. The summed E-state index contributed by atoms with van der Waals surface area (Å²) >= 11 is 0. The normalized spacial score (nSPS) is 14.7. The predicted octanol–water partition coefficient (Wildman–Crippen LogP) is 3.41. The minimum Gasteiger partial charge on any atom is -0.379 e. The van der Waals surface area contributed by atoms with Gasteiger partial charge in [-0.05, 0) is 37.3 Å². The van der Waals surface area contributed by atoms with Crippen molar-refractivity contribution in [1.82, 2.24) is 4.98 Å². The van der Waals surface area contributed by atoms with Gasteiger partial charge < -0.3 is 9.64 Å². The van der Waals surface area contributed by atoms with Crippen LogP contribution in [0, 0.1) is 12.8 Å². The number of anilines is 1. The molecule has 1 fully saturated rings. The third-order valence-corrected chi connectivity index (χ3v) is 3.98. The summed E-state index contributed by atoms with van der Waals surface area (Å²) in [7, 11) is 2.12. The van der Waals surface area contributed by atoms with Gasteiger partial charge in [0.2, 0.25) is 0 Å². The van der Waals surface area contributed by atoms with Gasteiger partial charge in [0.1, 0.15) is 0 Å². The number of hydrogen-bond acceptors (Lipinski definition) is 3. The number of ether oxygens (including phenoxy) is 1. The summed E-state index contributed by atoms with van der Waals surface area (Å²) < 4.78 is 5.73. The van der Waals surface area contributed by atoms with Crippen LogP contribution in [0.3, 0.4) is 0 Å². The zero-order valence-electron chi connectivity index (χ0n) is 12.3. The van der Waals surface area contributed by atoms with Gasteiger partial charge in [-0.1, -0.05) is 18.2 Å². The van der Waals surface area contributed by atoms with E-state index in [1.807, 2.05) is 6.20 Å². The second-order valence-corrected chi connectivity index (χ2v) is 5.74. The van der Waals surface area contributed by atoms with Crippen LogP contribution in [0.2, 0.25) is 0 Å². The van der Waals surface area contributed by atoms with Crippen LogP contribution in [0.25, 0.3) is 10.9 Å². The Balaban J connectivity index is 1.70. The lowest BCUT2D eigenvalue weighted by atomic mass is 10.1. The van der Waals surface area contributed by atoms with E-state index in [-0.39, 0.29) is 0 Å². The van der Waals surface area contributed by atoms with Gasteiger partial charge in [0.15, 0.2) is 0 Å². The van der Waals surface area contributed by atoms with Crippen molar-refractivity contribution in [3.63, 3.8) is 0 Å². The lowest BCUT2D eigenvalue weighted by molar-refractivity contribution is 0.131. The topological polar surface area (TPSA) is 25.4 Å². The van der Waals surface area contributed by atoms with E-state index in [1.54, 1.807) is 0 Å². The van der Waals surface area contributed by atoms with Crippen LogP contribution in [-0.2, 0) is 4.74 Å². The molecule has 2 aromatic rings. The number of fused-ring (bicyclic) bond motifs is 1. The Morgan fingerprint density at radius 2 is 2.15 bits per heavy atom. The van der Waals surface area contributed by atoms with E-state index in [1.165, 1.54) is 29.5 Å². The minimum atomic E-state index is 0.794. The Labute approximate surface area is 120 Å². The number of benzene rings is 1. The molecular weight excluding hydrogens is 248 g/mol. The van der Waals surface area contributed by atoms with E-state index in [9.17, 15) is 0 Å². The Morgan fingerprint density at radius 1 is 1.30 bits per heavy atom. The van der Waals surface area contributed by atoms with Crippen LogP contribution < -0.4 is 4.90 Å². The van der Waals surface area contributed by atoms with E-state index in [0.29, 0.717) is 0 Å². The summed E-state index contributed by atoms with van der Waals surface area (Å²) in [6.45, 7) is 4.75. The molecule has 0 N–H and O–H groups in total. The fourth-order valence-corrected chi connectivity index (χ4v) is 2.50. The first kappa shape index (κ1) is 13.4. The Kier molecular flexibility index (Phi) is 3.88. The van der Waals surface area contributed by atoms with Crippen molar-refractivity contribution in [3.8, 4) is 0 Å². The molecule has 1 aromatic heterocycles. The van der Waals surface area contributed by atoms with E-state index < -0.39 is 0 Å². The van der Waals surface area contributed by atoms with Gasteiger partial charge in [-0.15, -0.1) is 0 Å². The molecule has 3 heteroatoms. The molecule has 0 amide bonds. The molecule has 0 aliphatic heterocycles. The molecule has 0 atom stereocenters. The number of para-hydroxylation sites is 1. The summed E-state index contributed by atoms with van der Waals surface area (Å²) in [5, 5.41) is 1.22. The Morgan fingerprint density at radius 3 is 2.95 bits per heavy atom. The van der Waals surface area contributed by atoms with Gasteiger partial charge in [0.05, 0.1) is 12.1 Å². The summed E-state index contributed by atoms with van der Waals surface area (Å²) in [5.74, 6) is 0.838. The average molecular weight is 270 g/mol. The van der Waals surface area contributed by atoms with Gasteiger partial charge in [0, 0.05) is 37.5 Å². The zero-order valence-corrected chi connectivity index (χ0v) is 12.3. The summed E-state index contributed by atoms with van der Waals surface area (Å²) in [4.78, 5) is 6.75. The number of aromatic nitrogens is 1. The Bertz CT molecular complexity index is 593. The van der Waals surface area contributed by atoms with Crippen molar-refractivity contribution in [3.05, 3.63) is 36.0 Å². The van der Waals surface area contributed by atoms with Gasteiger partial charge >= 0.3 is 0 Å². The molecule has 20 heavy (non-hydrogen) atoms. The van der Waals surface area contributed by atoms with E-state index >= 15 is 0 Å². The van der Waals surface area contributed by atoms with Crippen LogP contribution in [-0.4, -0.2) is 31.8 Å². The molecule has 1 heterocycles. The van der Waals surface area contributed by atoms with Crippen LogP contribution >= 0.6 is 0 Å². The third-order valence-electron chi connectivity index (χ3n) is 3.98. The zero-order chi connectivity index (χ0) is 13.9. The minimum absolute atomic E-state index is 0.794. The molecule has 3 nitrogen and oxygen atoms in total. The van der Waals surface area contributed by atoms with Crippen LogP contribution in [0.1, 0.15) is 18.4 Å². The van der Waals surface area contributed by atoms with Crippen LogP contribution in [0.15, 0.2) is 30.5 Å². The quantitative estimate of drug-likeness (QED) is 0.752. The maximum atomic E-state index is 5.73. The monoisotopic (exact) mass is 270 g/mol. The molecule has 0 saturated heterocycles. The molecule has 1 aromatic carbocycles. The highest BCUT2D eigenvalue weighted by Crippen LogP contribution is 2.29. The Hall–Kier alpha value is -1.61. The van der Waals surface area contributed by atoms with Gasteiger partial charge in [-0.2, -0.15) is 0 Å². The third kappa shape index (κ3) is 2.93. The average Bonchev–Trinajstić information content (AvgIpc) is 3.27. The maximum Gasteiger partial charge on any atom is 0.0751 e. The highest BCUT2D eigenvalue weighted by atomic mass is 16.5. The fraction of sp³-hybridized carbons (Fsp3) is 0.471. The van der Waals surface area contributed by atoms with Crippen molar-refractivity contribution in [1.29, 1.82) is 0 Å². The number of aryl methyl sites for hydroxylation is 1. The molecule has 1 aliphatic rings.